The van der Waals surface area contributed by atoms with Gasteiger partial charge < -0.3 is 5.32 Å². The first-order valence-corrected chi connectivity index (χ1v) is 7.60. The van der Waals surface area contributed by atoms with E-state index in [2.05, 4.69) is 5.32 Å². The van der Waals surface area contributed by atoms with Crippen LogP contribution in [0.1, 0.15) is 36.6 Å². The first-order valence-electron chi connectivity index (χ1n) is 6.41. The smallest absolute Gasteiger partial charge is 0.312 e. The molecule has 1 aromatic rings. The molecule has 1 aliphatic rings. The van der Waals surface area contributed by atoms with Crippen molar-refractivity contribution in [3.63, 3.8) is 0 Å². The highest BCUT2D eigenvalue weighted by molar-refractivity contribution is 7.16. The maximum Gasteiger partial charge on any atom is 0.391 e. The maximum absolute atomic E-state index is 12.8. The van der Waals surface area contributed by atoms with Crippen LogP contribution in [0.2, 0.25) is 4.34 Å². The van der Waals surface area contributed by atoms with E-state index in [1.54, 1.807) is 13.1 Å². The number of rotatable bonds is 3. The number of halogens is 4. The van der Waals surface area contributed by atoms with Crippen molar-refractivity contribution in [2.75, 3.05) is 7.05 Å². The van der Waals surface area contributed by atoms with Gasteiger partial charge in [0.2, 0.25) is 0 Å². The summed E-state index contributed by atoms with van der Waals surface area (Å²) in [5, 5.41) is 3.16. The van der Waals surface area contributed by atoms with Gasteiger partial charge in [-0.1, -0.05) is 18.0 Å². The van der Waals surface area contributed by atoms with Gasteiger partial charge in [0.25, 0.3) is 0 Å². The molecule has 1 aliphatic carbocycles. The zero-order valence-corrected chi connectivity index (χ0v) is 12.2. The Kier molecular flexibility index (Phi) is 4.79. The van der Waals surface area contributed by atoms with E-state index in [0.717, 1.165) is 11.3 Å². The summed E-state index contributed by atoms with van der Waals surface area (Å²) in [7, 11) is 1.80. The molecule has 0 spiro atoms. The van der Waals surface area contributed by atoms with Crippen LogP contribution in [0, 0.1) is 11.8 Å². The van der Waals surface area contributed by atoms with Gasteiger partial charge in [0.15, 0.2) is 0 Å². The highest BCUT2D eigenvalue weighted by atomic mass is 35.5. The van der Waals surface area contributed by atoms with Crippen LogP contribution in [0.4, 0.5) is 13.2 Å². The Morgan fingerprint density at radius 1 is 1.37 bits per heavy atom. The molecule has 108 valence electrons. The number of hydrogen-bond donors (Lipinski definition) is 1. The fraction of sp³-hybridized carbons (Fsp3) is 0.692. The lowest BCUT2D eigenvalue weighted by atomic mass is 9.77. The Bertz CT molecular complexity index is 418. The summed E-state index contributed by atoms with van der Waals surface area (Å²) in [6.07, 6.45) is -2.10. The van der Waals surface area contributed by atoms with E-state index in [-0.39, 0.29) is 24.8 Å². The lowest BCUT2D eigenvalue weighted by Crippen LogP contribution is -2.34. The summed E-state index contributed by atoms with van der Waals surface area (Å²) < 4.78 is 39.2. The second kappa shape index (κ2) is 6.02. The maximum atomic E-state index is 12.8. The van der Waals surface area contributed by atoms with E-state index >= 15 is 0 Å². The summed E-state index contributed by atoms with van der Waals surface area (Å²) in [5.41, 5.74) is 0. The summed E-state index contributed by atoms with van der Waals surface area (Å²) in [4.78, 5) is 1.03. The second-order valence-corrected chi connectivity index (χ2v) is 6.82. The minimum Gasteiger partial charge on any atom is -0.312 e. The van der Waals surface area contributed by atoms with Gasteiger partial charge in [0.1, 0.15) is 0 Å². The highest BCUT2D eigenvalue weighted by Gasteiger charge is 2.43. The normalized spacial score (nSPS) is 26.4. The third kappa shape index (κ3) is 3.64. The average molecular weight is 312 g/mol. The fourth-order valence-corrected chi connectivity index (χ4v) is 4.20. The molecule has 0 aliphatic heterocycles. The van der Waals surface area contributed by atoms with E-state index in [0.29, 0.717) is 10.8 Å². The van der Waals surface area contributed by atoms with Crippen molar-refractivity contribution >= 4 is 22.9 Å². The van der Waals surface area contributed by atoms with Gasteiger partial charge in [-0.25, -0.2) is 0 Å². The van der Waals surface area contributed by atoms with Crippen LogP contribution in [-0.2, 0) is 0 Å². The zero-order valence-electron chi connectivity index (χ0n) is 10.6. The fourth-order valence-electron chi connectivity index (χ4n) is 2.93. The van der Waals surface area contributed by atoms with Crippen LogP contribution < -0.4 is 5.32 Å². The van der Waals surface area contributed by atoms with Gasteiger partial charge >= 0.3 is 6.18 Å². The SMILES string of the molecule is CNC(c1ccc(Cl)s1)C1CCCC(C(F)(F)F)C1. The van der Waals surface area contributed by atoms with Crippen molar-refractivity contribution in [2.45, 2.75) is 37.9 Å². The van der Waals surface area contributed by atoms with Gasteiger partial charge in [-0.05, 0) is 44.4 Å². The van der Waals surface area contributed by atoms with Gasteiger partial charge in [-0.3, -0.25) is 0 Å². The van der Waals surface area contributed by atoms with Crippen LogP contribution in [0.25, 0.3) is 0 Å². The molecule has 0 radical (unpaired) electrons. The largest absolute Gasteiger partial charge is 0.391 e. The minimum atomic E-state index is -4.07. The molecule has 1 aromatic heterocycles. The minimum absolute atomic E-state index is 0.0253. The number of thiophene rings is 1. The van der Waals surface area contributed by atoms with E-state index in [9.17, 15) is 13.2 Å². The molecule has 6 heteroatoms. The first-order chi connectivity index (χ1) is 8.91. The molecule has 1 saturated carbocycles. The Balaban J connectivity index is 2.10. The topological polar surface area (TPSA) is 12.0 Å². The highest BCUT2D eigenvalue weighted by Crippen LogP contribution is 2.45. The van der Waals surface area contributed by atoms with Crippen molar-refractivity contribution in [2.24, 2.45) is 11.8 Å². The van der Waals surface area contributed by atoms with Gasteiger partial charge in [0, 0.05) is 10.9 Å². The van der Waals surface area contributed by atoms with Crippen molar-refractivity contribution in [1.29, 1.82) is 0 Å². The summed E-state index contributed by atoms with van der Waals surface area (Å²) in [6, 6.07) is 3.68. The van der Waals surface area contributed by atoms with E-state index in [1.807, 2.05) is 6.07 Å². The molecule has 0 aromatic carbocycles. The summed E-state index contributed by atoms with van der Waals surface area (Å²) in [6.45, 7) is 0. The predicted octanol–water partition coefficient (Wildman–Crippen LogP) is 5.03. The number of nitrogens with one attached hydrogen (secondary N) is 1. The first kappa shape index (κ1) is 15.1. The van der Waals surface area contributed by atoms with Gasteiger partial charge in [-0.2, -0.15) is 13.2 Å². The number of hydrogen-bond acceptors (Lipinski definition) is 2. The predicted molar refractivity (Wildman–Crippen MR) is 72.6 cm³/mol. The van der Waals surface area contributed by atoms with Crippen molar-refractivity contribution in [1.82, 2.24) is 5.32 Å². The van der Waals surface area contributed by atoms with Crippen LogP contribution in [0.15, 0.2) is 12.1 Å². The molecule has 1 heterocycles. The van der Waals surface area contributed by atoms with Gasteiger partial charge in [-0.15, -0.1) is 11.3 Å². The van der Waals surface area contributed by atoms with Crippen LogP contribution >= 0.6 is 22.9 Å². The van der Waals surface area contributed by atoms with Crippen molar-refractivity contribution in [3.05, 3.63) is 21.3 Å². The molecule has 19 heavy (non-hydrogen) atoms. The van der Waals surface area contributed by atoms with Crippen LogP contribution in [0.3, 0.4) is 0 Å². The van der Waals surface area contributed by atoms with Crippen LogP contribution in [0.5, 0.6) is 0 Å². The Labute approximate surface area is 120 Å². The van der Waals surface area contributed by atoms with Crippen molar-refractivity contribution in [3.8, 4) is 0 Å². The lowest BCUT2D eigenvalue weighted by molar-refractivity contribution is -0.186. The van der Waals surface area contributed by atoms with Crippen LogP contribution in [-0.4, -0.2) is 13.2 Å². The molecule has 0 bridgehead atoms. The Morgan fingerprint density at radius 3 is 2.63 bits per heavy atom. The lowest BCUT2D eigenvalue weighted by Gasteiger charge is -2.34. The Morgan fingerprint density at radius 2 is 2.11 bits per heavy atom. The standard InChI is InChI=1S/C13H17ClF3NS/c1-18-12(10-5-6-11(14)19-10)8-3-2-4-9(7-8)13(15,16)17/h5-6,8-9,12,18H,2-4,7H2,1H3. The monoisotopic (exact) mass is 311 g/mol. The van der Waals surface area contributed by atoms with E-state index < -0.39 is 12.1 Å². The van der Waals surface area contributed by atoms with E-state index in [1.165, 1.54) is 11.3 Å². The molecular weight excluding hydrogens is 295 g/mol. The Hall–Kier alpha value is -0.260. The molecule has 1 nitrogen and oxygen atoms in total. The molecule has 1 N–H and O–H groups in total. The van der Waals surface area contributed by atoms with Crippen molar-refractivity contribution < 1.29 is 13.2 Å². The zero-order chi connectivity index (χ0) is 14.0. The quantitative estimate of drug-likeness (QED) is 0.825. The molecule has 2 rings (SSSR count). The number of alkyl halides is 3. The molecule has 0 saturated heterocycles. The molecule has 3 unspecified atom stereocenters. The second-order valence-electron chi connectivity index (χ2n) is 5.07. The summed E-state index contributed by atoms with van der Waals surface area (Å²) >= 11 is 7.36. The van der Waals surface area contributed by atoms with E-state index in [4.69, 9.17) is 11.6 Å². The summed E-state index contributed by atoms with van der Waals surface area (Å²) in [5.74, 6) is -1.13. The molecule has 1 fully saturated rings. The third-order valence-electron chi connectivity index (χ3n) is 3.86. The molecule has 3 atom stereocenters. The van der Waals surface area contributed by atoms with Gasteiger partial charge in [0.05, 0.1) is 10.3 Å². The molecular formula is C13H17ClF3NS. The average Bonchev–Trinajstić information content (AvgIpc) is 2.76. The molecule has 0 amide bonds. The third-order valence-corrected chi connectivity index (χ3v) is 5.17.